The van der Waals surface area contributed by atoms with Crippen LogP contribution in [0.2, 0.25) is 0 Å². The Morgan fingerprint density at radius 2 is 1.94 bits per heavy atom. The molecule has 0 spiro atoms. The monoisotopic (exact) mass is 219 g/mol. The third kappa shape index (κ3) is 4.47. The maximum atomic E-state index is 11.8. The molecule has 16 heavy (non-hydrogen) atoms. The third-order valence-electron chi connectivity index (χ3n) is 2.65. The van der Waals surface area contributed by atoms with Crippen LogP contribution in [-0.2, 0) is 0 Å². The highest BCUT2D eigenvalue weighted by Crippen LogP contribution is 2.04. The second kappa shape index (κ2) is 7.04. The van der Waals surface area contributed by atoms with Crippen molar-refractivity contribution in [2.75, 3.05) is 0 Å². The van der Waals surface area contributed by atoms with Crippen molar-refractivity contribution in [1.29, 1.82) is 0 Å². The Morgan fingerprint density at radius 1 is 1.25 bits per heavy atom. The highest BCUT2D eigenvalue weighted by molar-refractivity contribution is 5.94. The minimum Gasteiger partial charge on any atom is -0.350 e. The molecule has 88 valence electrons. The lowest BCUT2D eigenvalue weighted by Gasteiger charge is -2.13. The first-order valence-corrected chi connectivity index (χ1v) is 6.10. The van der Waals surface area contributed by atoms with Crippen LogP contribution in [0, 0.1) is 0 Å². The summed E-state index contributed by atoms with van der Waals surface area (Å²) in [4.78, 5) is 11.8. The van der Waals surface area contributed by atoms with Crippen molar-refractivity contribution >= 4 is 5.91 Å². The zero-order valence-electron chi connectivity index (χ0n) is 10.2. The van der Waals surface area contributed by atoms with Gasteiger partial charge in [0.05, 0.1) is 0 Å². The van der Waals surface area contributed by atoms with Crippen molar-refractivity contribution in [3.8, 4) is 0 Å². The number of hydrogen-bond acceptors (Lipinski definition) is 1. The molecular weight excluding hydrogens is 198 g/mol. The fourth-order valence-corrected chi connectivity index (χ4v) is 1.67. The van der Waals surface area contributed by atoms with Gasteiger partial charge < -0.3 is 5.32 Å². The number of carbonyl (C=O) groups excluding carboxylic acids is 1. The summed E-state index contributed by atoms with van der Waals surface area (Å²) < 4.78 is 0. The van der Waals surface area contributed by atoms with Crippen LogP contribution in [0.15, 0.2) is 30.3 Å². The molecule has 0 saturated heterocycles. The molecule has 0 radical (unpaired) electrons. The number of hydrogen-bond donors (Lipinski definition) is 1. The second-order valence-corrected chi connectivity index (χ2v) is 4.24. The van der Waals surface area contributed by atoms with Crippen molar-refractivity contribution in [1.82, 2.24) is 5.32 Å². The molecular formula is C14H21NO. The molecule has 1 amide bonds. The highest BCUT2D eigenvalue weighted by atomic mass is 16.1. The van der Waals surface area contributed by atoms with E-state index in [2.05, 4.69) is 19.2 Å². The topological polar surface area (TPSA) is 29.1 Å². The van der Waals surface area contributed by atoms with Crippen molar-refractivity contribution in [2.45, 2.75) is 45.6 Å². The Labute approximate surface area is 98.1 Å². The summed E-state index contributed by atoms with van der Waals surface area (Å²) in [5, 5.41) is 3.02. The van der Waals surface area contributed by atoms with E-state index in [1.54, 1.807) is 0 Å². The van der Waals surface area contributed by atoms with Crippen LogP contribution in [0.5, 0.6) is 0 Å². The van der Waals surface area contributed by atoms with Crippen molar-refractivity contribution < 1.29 is 4.79 Å². The second-order valence-electron chi connectivity index (χ2n) is 4.24. The van der Waals surface area contributed by atoms with Gasteiger partial charge in [0, 0.05) is 11.6 Å². The van der Waals surface area contributed by atoms with Crippen LogP contribution in [0.4, 0.5) is 0 Å². The summed E-state index contributed by atoms with van der Waals surface area (Å²) >= 11 is 0. The molecule has 1 N–H and O–H groups in total. The average molecular weight is 219 g/mol. The van der Waals surface area contributed by atoms with Crippen LogP contribution >= 0.6 is 0 Å². The molecule has 0 unspecified atom stereocenters. The first-order valence-electron chi connectivity index (χ1n) is 6.10. The first-order chi connectivity index (χ1) is 7.74. The van der Waals surface area contributed by atoms with E-state index in [1.165, 1.54) is 19.3 Å². The molecule has 1 aromatic rings. The summed E-state index contributed by atoms with van der Waals surface area (Å²) in [6.07, 6.45) is 4.71. The molecule has 0 heterocycles. The van der Waals surface area contributed by atoms with Gasteiger partial charge in [-0.2, -0.15) is 0 Å². The predicted molar refractivity (Wildman–Crippen MR) is 67.5 cm³/mol. The maximum Gasteiger partial charge on any atom is 0.251 e. The summed E-state index contributed by atoms with van der Waals surface area (Å²) in [5.74, 6) is 0.0320. The fraction of sp³-hybridized carbons (Fsp3) is 0.500. The van der Waals surface area contributed by atoms with Gasteiger partial charge in [0.2, 0.25) is 0 Å². The van der Waals surface area contributed by atoms with E-state index in [0.29, 0.717) is 0 Å². The van der Waals surface area contributed by atoms with E-state index in [4.69, 9.17) is 0 Å². The Bertz CT molecular complexity index is 308. The van der Waals surface area contributed by atoms with Gasteiger partial charge in [0.15, 0.2) is 0 Å². The lowest BCUT2D eigenvalue weighted by Crippen LogP contribution is -2.32. The van der Waals surface area contributed by atoms with Gasteiger partial charge in [0.25, 0.3) is 5.91 Å². The van der Waals surface area contributed by atoms with Gasteiger partial charge in [-0.1, -0.05) is 44.4 Å². The van der Waals surface area contributed by atoms with Crippen LogP contribution in [0.25, 0.3) is 0 Å². The molecule has 2 nitrogen and oxygen atoms in total. The number of unbranched alkanes of at least 4 members (excludes halogenated alkanes) is 2. The fourth-order valence-electron chi connectivity index (χ4n) is 1.67. The van der Waals surface area contributed by atoms with Gasteiger partial charge in [-0.3, -0.25) is 4.79 Å². The number of nitrogens with one attached hydrogen (secondary N) is 1. The quantitative estimate of drug-likeness (QED) is 0.730. The van der Waals surface area contributed by atoms with Crippen LogP contribution in [0.3, 0.4) is 0 Å². The summed E-state index contributed by atoms with van der Waals surface area (Å²) in [5.41, 5.74) is 0.741. The molecule has 0 bridgehead atoms. The number of carbonyl (C=O) groups is 1. The standard InChI is InChI=1S/C14H21NO/c1-3-4-6-9-12(2)15-14(16)13-10-7-5-8-11-13/h5,7-8,10-12H,3-4,6,9H2,1-2H3,(H,15,16)/t12-/m1/s1. The number of benzene rings is 1. The Balaban J connectivity index is 2.34. The average Bonchev–Trinajstić information content (AvgIpc) is 2.30. The molecule has 1 rings (SSSR count). The molecule has 0 saturated carbocycles. The van der Waals surface area contributed by atoms with E-state index >= 15 is 0 Å². The van der Waals surface area contributed by atoms with E-state index in [0.717, 1.165) is 12.0 Å². The van der Waals surface area contributed by atoms with Gasteiger partial charge in [-0.15, -0.1) is 0 Å². The smallest absolute Gasteiger partial charge is 0.251 e. The van der Waals surface area contributed by atoms with Crippen LogP contribution in [0.1, 0.15) is 49.9 Å². The minimum absolute atomic E-state index is 0.0320. The molecule has 0 aliphatic carbocycles. The number of amides is 1. The van der Waals surface area contributed by atoms with Gasteiger partial charge in [-0.05, 0) is 25.5 Å². The lowest BCUT2D eigenvalue weighted by molar-refractivity contribution is 0.0938. The van der Waals surface area contributed by atoms with Gasteiger partial charge in [0.1, 0.15) is 0 Å². The molecule has 0 aliphatic rings. The Hall–Kier alpha value is -1.31. The lowest BCUT2D eigenvalue weighted by atomic mass is 10.1. The Kier molecular flexibility index (Phi) is 5.62. The van der Waals surface area contributed by atoms with Crippen LogP contribution < -0.4 is 5.32 Å². The van der Waals surface area contributed by atoms with E-state index in [-0.39, 0.29) is 11.9 Å². The SMILES string of the molecule is CCCCC[C@@H](C)NC(=O)c1ccccc1. The maximum absolute atomic E-state index is 11.8. The molecule has 0 fully saturated rings. The summed E-state index contributed by atoms with van der Waals surface area (Å²) in [6.45, 7) is 4.25. The molecule has 0 aliphatic heterocycles. The van der Waals surface area contributed by atoms with Gasteiger partial charge >= 0.3 is 0 Å². The van der Waals surface area contributed by atoms with Crippen molar-refractivity contribution in [3.63, 3.8) is 0 Å². The zero-order valence-corrected chi connectivity index (χ0v) is 10.2. The molecule has 0 aromatic heterocycles. The highest BCUT2D eigenvalue weighted by Gasteiger charge is 2.08. The summed E-state index contributed by atoms with van der Waals surface area (Å²) in [6, 6.07) is 9.64. The van der Waals surface area contributed by atoms with Crippen LogP contribution in [-0.4, -0.2) is 11.9 Å². The first kappa shape index (κ1) is 12.8. The van der Waals surface area contributed by atoms with E-state index < -0.39 is 0 Å². The largest absolute Gasteiger partial charge is 0.350 e. The Morgan fingerprint density at radius 3 is 2.56 bits per heavy atom. The van der Waals surface area contributed by atoms with E-state index in [9.17, 15) is 4.79 Å². The minimum atomic E-state index is 0.0320. The predicted octanol–water partition coefficient (Wildman–Crippen LogP) is 3.39. The zero-order chi connectivity index (χ0) is 11.8. The van der Waals surface area contributed by atoms with Crippen molar-refractivity contribution in [2.24, 2.45) is 0 Å². The molecule has 1 aromatic carbocycles. The normalized spacial score (nSPS) is 12.1. The van der Waals surface area contributed by atoms with E-state index in [1.807, 2.05) is 30.3 Å². The molecule has 1 atom stereocenters. The molecule has 2 heteroatoms. The number of rotatable bonds is 6. The summed E-state index contributed by atoms with van der Waals surface area (Å²) in [7, 11) is 0. The van der Waals surface area contributed by atoms with Crippen molar-refractivity contribution in [3.05, 3.63) is 35.9 Å². The van der Waals surface area contributed by atoms with Gasteiger partial charge in [-0.25, -0.2) is 0 Å². The third-order valence-corrected chi connectivity index (χ3v) is 2.65.